The first-order valence-electron chi connectivity index (χ1n) is 7.49. The van der Waals surface area contributed by atoms with Crippen LogP contribution in [0.4, 0.5) is 0 Å². The summed E-state index contributed by atoms with van der Waals surface area (Å²) in [5.74, 6) is 2.98. The summed E-state index contributed by atoms with van der Waals surface area (Å²) in [5, 5.41) is 0. The Morgan fingerprint density at radius 3 is 2.14 bits per heavy atom. The van der Waals surface area contributed by atoms with Crippen molar-refractivity contribution >= 4 is 5.96 Å². The maximum absolute atomic E-state index is 5.35. The predicted octanol–water partition coefficient (Wildman–Crippen LogP) is 2.36. The minimum Gasteiger partial charge on any atom is -0.493 e. The summed E-state index contributed by atoms with van der Waals surface area (Å²) >= 11 is 0. The molecule has 5 heteroatoms. The molecule has 0 fully saturated rings. The van der Waals surface area contributed by atoms with E-state index in [1.54, 1.807) is 14.2 Å². The zero-order chi connectivity index (χ0) is 16.7. The first kappa shape index (κ1) is 18.1. The summed E-state index contributed by atoms with van der Waals surface area (Å²) in [6, 6.07) is 6.08. The quantitative estimate of drug-likeness (QED) is 0.597. The van der Waals surface area contributed by atoms with E-state index in [4.69, 9.17) is 14.5 Å². The van der Waals surface area contributed by atoms with Crippen LogP contribution in [-0.2, 0) is 6.42 Å². The number of rotatable bonds is 6. The Morgan fingerprint density at radius 1 is 1.05 bits per heavy atom. The molecule has 0 aliphatic heterocycles. The Hall–Kier alpha value is -1.91. The number of nitrogens with zero attached hydrogens (tertiary/aromatic N) is 3. The highest BCUT2D eigenvalue weighted by Crippen LogP contribution is 2.28. The van der Waals surface area contributed by atoms with Crippen LogP contribution in [0.1, 0.15) is 12.5 Å². The highest BCUT2D eigenvalue weighted by atomic mass is 16.5. The Labute approximate surface area is 134 Å². The molecule has 0 aliphatic rings. The Balaban J connectivity index is 2.72. The van der Waals surface area contributed by atoms with Crippen LogP contribution >= 0.6 is 0 Å². The van der Waals surface area contributed by atoms with Gasteiger partial charge in [0.1, 0.15) is 0 Å². The molecule has 124 valence electrons. The summed E-state index contributed by atoms with van der Waals surface area (Å²) in [4.78, 5) is 8.77. The van der Waals surface area contributed by atoms with Gasteiger partial charge in [0.2, 0.25) is 0 Å². The monoisotopic (exact) mass is 307 g/mol. The second-order valence-corrected chi connectivity index (χ2v) is 5.93. The summed E-state index contributed by atoms with van der Waals surface area (Å²) in [5.41, 5.74) is 1.23. The Morgan fingerprint density at radius 2 is 1.64 bits per heavy atom. The number of ether oxygens (including phenoxy) is 2. The summed E-state index contributed by atoms with van der Waals surface area (Å²) in [6.45, 7) is 3.00. The zero-order valence-electron chi connectivity index (χ0n) is 14.9. The van der Waals surface area contributed by atoms with Gasteiger partial charge in [0.25, 0.3) is 0 Å². The van der Waals surface area contributed by atoms with Crippen molar-refractivity contribution in [2.24, 2.45) is 10.9 Å². The molecule has 1 rings (SSSR count). The van der Waals surface area contributed by atoms with Gasteiger partial charge in [0.05, 0.1) is 14.2 Å². The number of methoxy groups -OCH3 is 2. The smallest absolute Gasteiger partial charge is 0.195 e. The van der Waals surface area contributed by atoms with Crippen molar-refractivity contribution in [3.05, 3.63) is 23.8 Å². The number of aliphatic imine (C=N–C) groups is 1. The van der Waals surface area contributed by atoms with E-state index in [2.05, 4.69) is 13.0 Å². The molecule has 0 saturated heterocycles. The Kier molecular flexibility index (Phi) is 7.02. The van der Waals surface area contributed by atoms with Gasteiger partial charge in [-0.1, -0.05) is 13.0 Å². The molecule has 0 aromatic heterocycles. The van der Waals surface area contributed by atoms with Gasteiger partial charge in [-0.15, -0.1) is 0 Å². The molecule has 0 radical (unpaired) electrons. The average molecular weight is 307 g/mol. The minimum atomic E-state index is 0.452. The first-order chi connectivity index (χ1) is 10.4. The standard InChI is InChI=1S/C17H29N3O2/c1-13(12-18-17(19(2)3)20(4)5)10-14-8-9-15(21-6)16(11-14)22-7/h8-9,11,13H,10,12H2,1-7H3. The van der Waals surface area contributed by atoms with E-state index in [-0.39, 0.29) is 0 Å². The highest BCUT2D eigenvalue weighted by Gasteiger charge is 2.10. The van der Waals surface area contributed by atoms with Crippen molar-refractivity contribution in [1.82, 2.24) is 9.80 Å². The molecule has 1 aromatic carbocycles. The van der Waals surface area contributed by atoms with Crippen molar-refractivity contribution in [2.75, 3.05) is 49.0 Å². The summed E-state index contributed by atoms with van der Waals surface area (Å²) in [7, 11) is 11.4. The van der Waals surface area contributed by atoms with Gasteiger partial charge >= 0.3 is 0 Å². The van der Waals surface area contributed by atoms with Gasteiger partial charge in [0, 0.05) is 34.7 Å². The molecule has 0 heterocycles. The normalized spacial score (nSPS) is 11.6. The largest absolute Gasteiger partial charge is 0.493 e. The molecule has 0 spiro atoms. The fourth-order valence-electron chi connectivity index (χ4n) is 2.39. The van der Waals surface area contributed by atoms with E-state index in [9.17, 15) is 0 Å². The van der Waals surface area contributed by atoms with Crippen LogP contribution in [0.2, 0.25) is 0 Å². The molecule has 0 bridgehead atoms. The second kappa shape index (κ2) is 8.51. The third-order valence-electron chi connectivity index (χ3n) is 3.38. The van der Waals surface area contributed by atoms with Gasteiger partial charge in [-0.05, 0) is 30.0 Å². The van der Waals surface area contributed by atoms with Crippen LogP contribution in [0.3, 0.4) is 0 Å². The second-order valence-electron chi connectivity index (χ2n) is 5.93. The van der Waals surface area contributed by atoms with Crippen LogP contribution in [0.25, 0.3) is 0 Å². The Bertz CT molecular complexity index is 489. The lowest BCUT2D eigenvalue weighted by Crippen LogP contribution is -2.35. The molecule has 0 amide bonds. The summed E-state index contributed by atoms with van der Waals surface area (Å²) < 4.78 is 10.6. The van der Waals surface area contributed by atoms with Crippen LogP contribution in [0, 0.1) is 5.92 Å². The lowest BCUT2D eigenvalue weighted by molar-refractivity contribution is 0.354. The average Bonchev–Trinajstić information content (AvgIpc) is 2.46. The van der Waals surface area contributed by atoms with Crippen molar-refractivity contribution in [2.45, 2.75) is 13.3 Å². The highest BCUT2D eigenvalue weighted by molar-refractivity contribution is 5.79. The number of hydrogen-bond donors (Lipinski definition) is 0. The SMILES string of the molecule is COc1ccc(CC(C)CN=C(N(C)C)N(C)C)cc1OC. The topological polar surface area (TPSA) is 37.3 Å². The van der Waals surface area contributed by atoms with Gasteiger partial charge in [0.15, 0.2) is 17.5 Å². The lowest BCUT2D eigenvalue weighted by atomic mass is 10.0. The number of benzene rings is 1. The van der Waals surface area contributed by atoms with E-state index >= 15 is 0 Å². The molecule has 5 nitrogen and oxygen atoms in total. The van der Waals surface area contributed by atoms with Crippen LogP contribution in [-0.4, -0.2) is 64.7 Å². The van der Waals surface area contributed by atoms with Crippen LogP contribution in [0.5, 0.6) is 11.5 Å². The van der Waals surface area contributed by atoms with Crippen molar-refractivity contribution in [3.63, 3.8) is 0 Å². The van der Waals surface area contributed by atoms with E-state index < -0.39 is 0 Å². The third kappa shape index (κ3) is 5.13. The maximum atomic E-state index is 5.35. The predicted molar refractivity (Wildman–Crippen MR) is 92.1 cm³/mol. The van der Waals surface area contributed by atoms with Gasteiger partial charge in [-0.2, -0.15) is 0 Å². The molecule has 1 unspecified atom stereocenters. The first-order valence-corrected chi connectivity index (χ1v) is 7.49. The minimum absolute atomic E-state index is 0.452. The molecule has 22 heavy (non-hydrogen) atoms. The fraction of sp³-hybridized carbons (Fsp3) is 0.588. The lowest BCUT2D eigenvalue weighted by Gasteiger charge is -2.23. The van der Waals surface area contributed by atoms with Crippen molar-refractivity contribution < 1.29 is 9.47 Å². The number of hydrogen-bond acceptors (Lipinski definition) is 3. The van der Waals surface area contributed by atoms with Gasteiger partial charge < -0.3 is 19.3 Å². The van der Waals surface area contributed by atoms with E-state index in [0.717, 1.165) is 30.4 Å². The van der Waals surface area contributed by atoms with Gasteiger partial charge in [-0.3, -0.25) is 4.99 Å². The van der Waals surface area contributed by atoms with Gasteiger partial charge in [-0.25, -0.2) is 0 Å². The van der Waals surface area contributed by atoms with E-state index in [0.29, 0.717) is 5.92 Å². The van der Waals surface area contributed by atoms with E-state index in [1.165, 1.54) is 5.56 Å². The molecule has 1 aromatic rings. The maximum Gasteiger partial charge on any atom is 0.195 e. The summed E-state index contributed by atoms with van der Waals surface area (Å²) in [6.07, 6.45) is 0.956. The molecular formula is C17H29N3O2. The third-order valence-corrected chi connectivity index (χ3v) is 3.38. The van der Waals surface area contributed by atoms with Crippen molar-refractivity contribution in [3.8, 4) is 11.5 Å². The number of guanidine groups is 1. The molecule has 0 saturated carbocycles. The molecule has 0 aliphatic carbocycles. The molecule has 0 N–H and O–H groups in total. The van der Waals surface area contributed by atoms with Crippen LogP contribution in [0.15, 0.2) is 23.2 Å². The fourth-order valence-corrected chi connectivity index (χ4v) is 2.39. The molecule has 1 atom stereocenters. The van der Waals surface area contributed by atoms with E-state index in [1.807, 2.05) is 50.1 Å². The van der Waals surface area contributed by atoms with Crippen molar-refractivity contribution in [1.29, 1.82) is 0 Å². The van der Waals surface area contributed by atoms with Crippen LogP contribution < -0.4 is 9.47 Å². The molecular weight excluding hydrogens is 278 g/mol. The zero-order valence-corrected chi connectivity index (χ0v) is 14.9.